The van der Waals surface area contributed by atoms with Gasteiger partial charge >= 0.3 is 0 Å². The topological polar surface area (TPSA) is 113 Å². The standard InChI is InChI=1S/C21H26FN3O5S2/c1-15-10-11-17(14-20(15)32(29,30)25-12-6-3-7-13-25)23-21(26)16(2)24-31(27,28)19-9-5-4-8-18(19)22/h4-5,8-11,14,16,24H,3,6-7,12-13H2,1-2H3,(H,23,26)/t16-/m0/s1. The Balaban J connectivity index is 1.76. The van der Waals surface area contributed by atoms with E-state index in [1.54, 1.807) is 19.1 Å². The second kappa shape index (κ2) is 9.65. The van der Waals surface area contributed by atoms with Gasteiger partial charge in [0.15, 0.2) is 0 Å². The Labute approximate surface area is 187 Å². The summed E-state index contributed by atoms with van der Waals surface area (Å²) in [6.07, 6.45) is 2.59. The fourth-order valence-electron chi connectivity index (χ4n) is 3.46. The number of sulfonamides is 2. The van der Waals surface area contributed by atoms with Gasteiger partial charge in [0.05, 0.1) is 10.9 Å². The average molecular weight is 484 g/mol. The lowest BCUT2D eigenvalue weighted by atomic mass is 10.2. The van der Waals surface area contributed by atoms with Gasteiger partial charge in [0.25, 0.3) is 0 Å². The first kappa shape index (κ1) is 24.3. The average Bonchev–Trinajstić information content (AvgIpc) is 2.75. The summed E-state index contributed by atoms with van der Waals surface area (Å²) in [6, 6.07) is 8.10. The molecule has 1 atom stereocenters. The van der Waals surface area contributed by atoms with Gasteiger partial charge in [-0.2, -0.15) is 9.03 Å². The number of carbonyl (C=O) groups excluding carboxylic acids is 1. The van der Waals surface area contributed by atoms with Crippen LogP contribution in [0.15, 0.2) is 52.3 Å². The van der Waals surface area contributed by atoms with Crippen LogP contribution in [-0.4, -0.2) is 46.2 Å². The molecule has 1 aliphatic heterocycles. The van der Waals surface area contributed by atoms with Crippen molar-refractivity contribution in [2.24, 2.45) is 0 Å². The van der Waals surface area contributed by atoms with Crippen LogP contribution in [0.25, 0.3) is 0 Å². The number of benzene rings is 2. The Morgan fingerprint density at radius 2 is 1.66 bits per heavy atom. The summed E-state index contributed by atoms with van der Waals surface area (Å²) in [5.74, 6) is -1.64. The van der Waals surface area contributed by atoms with Crippen LogP contribution in [0.4, 0.5) is 10.1 Å². The molecule has 174 valence electrons. The van der Waals surface area contributed by atoms with Crippen LogP contribution in [-0.2, 0) is 24.8 Å². The lowest BCUT2D eigenvalue weighted by Gasteiger charge is -2.26. The van der Waals surface area contributed by atoms with Crippen molar-refractivity contribution in [3.05, 3.63) is 53.8 Å². The first-order valence-corrected chi connectivity index (χ1v) is 13.1. The van der Waals surface area contributed by atoms with Crippen LogP contribution in [0, 0.1) is 12.7 Å². The number of nitrogens with one attached hydrogen (secondary N) is 2. The Morgan fingerprint density at radius 1 is 1.00 bits per heavy atom. The summed E-state index contributed by atoms with van der Waals surface area (Å²) in [6.45, 7) is 3.89. The quantitative estimate of drug-likeness (QED) is 0.629. The van der Waals surface area contributed by atoms with Crippen molar-refractivity contribution < 1.29 is 26.0 Å². The number of carbonyl (C=O) groups is 1. The van der Waals surface area contributed by atoms with Crippen molar-refractivity contribution in [2.45, 2.75) is 48.9 Å². The summed E-state index contributed by atoms with van der Waals surface area (Å²) < 4.78 is 68.3. The monoisotopic (exact) mass is 483 g/mol. The molecular weight excluding hydrogens is 457 g/mol. The van der Waals surface area contributed by atoms with Gasteiger partial charge in [0.1, 0.15) is 10.7 Å². The smallest absolute Gasteiger partial charge is 0.244 e. The molecule has 1 fully saturated rings. The number of hydrogen-bond donors (Lipinski definition) is 2. The Bertz CT molecular complexity index is 1210. The maximum absolute atomic E-state index is 13.9. The number of amides is 1. The Morgan fingerprint density at radius 3 is 2.31 bits per heavy atom. The zero-order valence-corrected chi connectivity index (χ0v) is 19.5. The third-order valence-corrected chi connectivity index (χ3v) is 8.85. The number of halogens is 1. The van der Waals surface area contributed by atoms with E-state index in [9.17, 15) is 26.0 Å². The largest absolute Gasteiger partial charge is 0.325 e. The lowest BCUT2D eigenvalue weighted by Crippen LogP contribution is -2.41. The zero-order chi connectivity index (χ0) is 23.5. The van der Waals surface area contributed by atoms with Gasteiger partial charge in [-0.25, -0.2) is 21.2 Å². The van der Waals surface area contributed by atoms with Crippen molar-refractivity contribution in [2.75, 3.05) is 18.4 Å². The molecule has 1 heterocycles. The molecule has 32 heavy (non-hydrogen) atoms. The molecule has 11 heteroatoms. The van der Waals surface area contributed by atoms with E-state index >= 15 is 0 Å². The molecule has 0 radical (unpaired) electrons. The third kappa shape index (κ3) is 5.34. The van der Waals surface area contributed by atoms with E-state index in [-0.39, 0.29) is 10.6 Å². The van der Waals surface area contributed by atoms with Gasteiger partial charge in [-0.1, -0.05) is 24.6 Å². The van der Waals surface area contributed by atoms with Gasteiger partial charge in [-0.3, -0.25) is 4.79 Å². The highest BCUT2D eigenvalue weighted by Gasteiger charge is 2.28. The zero-order valence-electron chi connectivity index (χ0n) is 17.8. The van der Waals surface area contributed by atoms with E-state index in [0.29, 0.717) is 18.7 Å². The maximum Gasteiger partial charge on any atom is 0.244 e. The molecule has 1 amide bonds. The normalized spacial score (nSPS) is 16.5. The lowest BCUT2D eigenvalue weighted by molar-refractivity contribution is -0.117. The highest BCUT2D eigenvalue weighted by molar-refractivity contribution is 7.89. The van der Waals surface area contributed by atoms with Crippen LogP contribution in [0.2, 0.25) is 0 Å². The number of rotatable bonds is 7. The summed E-state index contributed by atoms with van der Waals surface area (Å²) in [5, 5.41) is 2.53. The molecule has 8 nitrogen and oxygen atoms in total. The van der Waals surface area contributed by atoms with Crippen LogP contribution in [0.1, 0.15) is 31.7 Å². The minimum Gasteiger partial charge on any atom is -0.325 e. The van der Waals surface area contributed by atoms with Crippen LogP contribution in [0.5, 0.6) is 0 Å². The number of anilines is 1. The Hall–Kier alpha value is -2.34. The molecule has 0 aliphatic carbocycles. The van der Waals surface area contributed by atoms with Gasteiger partial charge in [-0.05, 0) is 56.5 Å². The van der Waals surface area contributed by atoms with Gasteiger partial charge in [0.2, 0.25) is 26.0 Å². The van der Waals surface area contributed by atoms with Crippen molar-refractivity contribution in [1.82, 2.24) is 9.03 Å². The van der Waals surface area contributed by atoms with Crippen molar-refractivity contribution in [1.29, 1.82) is 0 Å². The van der Waals surface area contributed by atoms with Crippen molar-refractivity contribution >= 4 is 31.6 Å². The molecule has 0 unspecified atom stereocenters. The first-order valence-electron chi connectivity index (χ1n) is 10.2. The predicted octanol–water partition coefficient (Wildman–Crippen LogP) is 2.61. The molecular formula is C21H26FN3O5S2. The van der Waals surface area contributed by atoms with E-state index < -0.39 is 42.7 Å². The fraction of sp³-hybridized carbons (Fsp3) is 0.381. The molecule has 0 aromatic heterocycles. The predicted molar refractivity (Wildman–Crippen MR) is 119 cm³/mol. The summed E-state index contributed by atoms with van der Waals surface area (Å²) in [5.41, 5.74) is 0.759. The summed E-state index contributed by atoms with van der Waals surface area (Å²) in [7, 11) is -7.98. The maximum atomic E-state index is 13.9. The number of piperidine rings is 1. The van der Waals surface area contributed by atoms with E-state index in [2.05, 4.69) is 10.0 Å². The van der Waals surface area contributed by atoms with Crippen LogP contribution >= 0.6 is 0 Å². The van der Waals surface area contributed by atoms with Crippen molar-refractivity contribution in [3.8, 4) is 0 Å². The third-order valence-electron chi connectivity index (χ3n) is 5.24. The minimum atomic E-state index is -4.27. The van der Waals surface area contributed by atoms with E-state index in [1.807, 2.05) is 0 Å². The minimum absolute atomic E-state index is 0.0943. The van der Waals surface area contributed by atoms with Gasteiger partial charge < -0.3 is 5.32 Å². The number of nitrogens with zero attached hydrogens (tertiary/aromatic N) is 1. The molecule has 0 saturated carbocycles. The summed E-state index contributed by atoms with van der Waals surface area (Å²) >= 11 is 0. The van der Waals surface area contributed by atoms with E-state index in [4.69, 9.17) is 0 Å². The second-order valence-corrected chi connectivity index (χ2v) is 11.3. The number of hydrogen-bond acceptors (Lipinski definition) is 5. The number of aryl methyl sites for hydroxylation is 1. The molecule has 1 saturated heterocycles. The van der Waals surface area contributed by atoms with Gasteiger partial charge in [-0.15, -0.1) is 0 Å². The molecule has 2 N–H and O–H groups in total. The van der Waals surface area contributed by atoms with Crippen LogP contribution in [0.3, 0.4) is 0 Å². The molecule has 2 aromatic carbocycles. The molecule has 3 rings (SSSR count). The first-order chi connectivity index (χ1) is 15.0. The molecule has 0 bridgehead atoms. The Kier molecular flexibility index (Phi) is 7.33. The molecule has 1 aliphatic rings. The summed E-state index contributed by atoms with van der Waals surface area (Å²) in [4.78, 5) is 12.1. The van der Waals surface area contributed by atoms with E-state index in [1.165, 1.54) is 29.4 Å². The van der Waals surface area contributed by atoms with Crippen LogP contribution < -0.4 is 10.0 Å². The molecule has 2 aromatic rings. The molecule has 0 spiro atoms. The van der Waals surface area contributed by atoms with Crippen molar-refractivity contribution in [3.63, 3.8) is 0 Å². The highest BCUT2D eigenvalue weighted by atomic mass is 32.2. The van der Waals surface area contributed by atoms with E-state index in [0.717, 1.165) is 31.4 Å². The fourth-order valence-corrected chi connectivity index (χ4v) is 6.51. The van der Waals surface area contributed by atoms with Gasteiger partial charge in [0, 0.05) is 18.8 Å². The highest BCUT2D eigenvalue weighted by Crippen LogP contribution is 2.26. The second-order valence-electron chi connectivity index (χ2n) is 7.71. The SMILES string of the molecule is Cc1ccc(NC(=O)[C@H](C)NS(=O)(=O)c2ccccc2F)cc1S(=O)(=O)N1CCCCC1.